The number of unbranched alkanes of at least 4 members (excludes halogenated alkanes) is 11. The van der Waals surface area contributed by atoms with E-state index in [0.717, 1.165) is 6.42 Å². The average molecular weight is 342 g/mol. The first kappa shape index (κ1) is 23.6. The van der Waals surface area contributed by atoms with Crippen molar-refractivity contribution in [3.05, 3.63) is 12.2 Å². The second-order valence-electron chi connectivity index (χ2n) is 7.35. The fraction of sp³-hybridized carbons (Fsp3) is 0.905. The topological polar surface area (TPSA) is 52.5 Å². The minimum Gasteiger partial charge on any atom is -0.395 e. The molecular formula is C21H43NO2. The highest BCUT2D eigenvalue weighted by atomic mass is 16.3. The number of nitrogens with one attached hydrogen (secondary N) is 1. The molecule has 2 atom stereocenters. The minimum atomic E-state index is -0.606. The zero-order valence-electron chi connectivity index (χ0n) is 16.5. The fourth-order valence-electron chi connectivity index (χ4n) is 2.98. The van der Waals surface area contributed by atoms with Crippen molar-refractivity contribution >= 4 is 0 Å². The lowest BCUT2D eigenvalue weighted by Crippen LogP contribution is -2.45. The van der Waals surface area contributed by atoms with Crippen LogP contribution in [0.25, 0.3) is 0 Å². The summed E-state index contributed by atoms with van der Waals surface area (Å²) in [7, 11) is 0. The van der Waals surface area contributed by atoms with Crippen molar-refractivity contribution in [3.63, 3.8) is 0 Å². The van der Waals surface area contributed by atoms with Crippen LogP contribution < -0.4 is 5.32 Å². The molecule has 0 bridgehead atoms. The standard InChI is InChI=1S/C21H43NO2/c1-4-5-6-7-8-9-10-11-12-13-14-15-16-17-21(24)20(18-23)22-19(2)3/h16-17,19-24H,4-15,18H2,1-3H3/b17-16+/t20-,21+/m1/s1. The predicted octanol–water partition coefficient (Wildman–Crippen LogP) is 4.96. The van der Waals surface area contributed by atoms with Crippen molar-refractivity contribution in [1.82, 2.24) is 5.32 Å². The van der Waals surface area contributed by atoms with E-state index in [0.29, 0.717) is 0 Å². The molecule has 0 saturated heterocycles. The molecule has 0 aliphatic heterocycles. The normalized spacial score (nSPS) is 14.6. The molecule has 3 N–H and O–H groups in total. The van der Waals surface area contributed by atoms with Crippen molar-refractivity contribution in [2.75, 3.05) is 6.61 Å². The van der Waals surface area contributed by atoms with E-state index in [-0.39, 0.29) is 18.7 Å². The van der Waals surface area contributed by atoms with Crippen molar-refractivity contribution in [2.24, 2.45) is 0 Å². The Morgan fingerprint density at radius 1 is 0.833 bits per heavy atom. The van der Waals surface area contributed by atoms with E-state index in [1.54, 1.807) is 0 Å². The Kier molecular flexibility index (Phi) is 17.2. The molecule has 24 heavy (non-hydrogen) atoms. The van der Waals surface area contributed by atoms with Gasteiger partial charge in [0.05, 0.1) is 18.8 Å². The van der Waals surface area contributed by atoms with E-state index in [1.165, 1.54) is 70.6 Å². The smallest absolute Gasteiger partial charge is 0.0896 e. The summed E-state index contributed by atoms with van der Waals surface area (Å²) >= 11 is 0. The molecule has 0 heterocycles. The molecule has 0 aromatic heterocycles. The molecule has 0 aliphatic carbocycles. The Hall–Kier alpha value is -0.380. The third kappa shape index (κ3) is 15.2. The van der Waals surface area contributed by atoms with E-state index in [2.05, 4.69) is 18.3 Å². The van der Waals surface area contributed by atoms with Crippen molar-refractivity contribution < 1.29 is 10.2 Å². The molecule has 144 valence electrons. The minimum absolute atomic E-state index is 0.0396. The number of allylic oxidation sites excluding steroid dienone is 1. The number of hydrogen-bond donors (Lipinski definition) is 3. The highest BCUT2D eigenvalue weighted by molar-refractivity contribution is 4.95. The van der Waals surface area contributed by atoms with Gasteiger partial charge in [-0.3, -0.25) is 0 Å². The lowest BCUT2D eigenvalue weighted by Gasteiger charge is -2.22. The molecule has 0 aromatic carbocycles. The van der Waals surface area contributed by atoms with Crippen LogP contribution in [0.1, 0.15) is 97.8 Å². The zero-order valence-corrected chi connectivity index (χ0v) is 16.5. The van der Waals surface area contributed by atoms with E-state index in [9.17, 15) is 10.2 Å². The summed E-state index contributed by atoms with van der Waals surface area (Å²) in [4.78, 5) is 0. The number of aliphatic hydroxyl groups is 2. The summed E-state index contributed by atoms with van der Waals surface area (Å²) in [5.41, 5.74) is 0. The number of hydrogen-bond acceptors (Lipinski definition) is 3. The number of rotatable bonds is 17. The van der Waals surface area contributed by atoms with Crippen molar-refractivity contribution in [2.45, 2.75) is 116 Å². The summed E-state index contributed by atoms with van der Waals surface area (Å²) in [5.74, 6) is 0. The summed E-state index contributed by atoms with van der Waals surface area (Å²) in [6.45, 7) is 6.26. The van der Waals surface area contributed by atoms with Crippen LogP contribution in [0, 0.1) is 0 Å². The molecule has 0 radical (unpaired) electrons. The first-order chi connectivity index (χ1) is 11.6. The van der Waals surface area contributed by atoms with E-state index >= 15 is 0 Å². The molecule has 0 saturated carbocycles. The highest BCUT2D eigenvalue weighted by Gasteiger charge is 2.15. The molecule has 0 rings (SSSR count). The molecule has 3 heteroatoms. The van der Waals surface area contributed by atoms with Gasteiger partial charge in [-0.15, -0.1) is 0 Å². The molecule has 3 nitrogen and oxygen atoms in total. The third-order valence-corrected chi connectivity index (χ3v) is 4.46. The van der Waals surface area contributed by atoms with Gasteiger partial charge < -0.3 is 15.5 Å². The Morgan fingerprint density at radius 3 is 1.79 bits per heavy atom. The predicted molar refractivity (Wildman–Crippen MR) is 105 cm³/mol. The molecule has 0 amide bonds. The van der Waals surface area contributed by atoms with Gasteiger partial charge in [-0.1, -0.05) is 97.1 Å². The van der Waals surface area contributed by atoms with E-state index in [1.807, 2.05) is 19.9 Å². The maximum Gasteiger partial charge on any atom is 0.0896 e. The Bertz CT molecular complexity index is 279. The zero-order chi connectivity index (χ0) is 18.0. The van der Waals surface area contributed by atoms with Gasteiger partial charge in [-0.25, -0.2) is 0 Å². The van der Waals surface area contributed by atoms with Crippen molar-refractivity contribution in [1.29, 1.82) is 0 Å². The van der Waals surface area contributed by atoms with Crippen LogP contribution in [0.5, 0.6) is 0 Å². The van der Waals surface area contributed by atoms with Crippen LogP contribution in [0.4, 0.5) is 0 Å². The van der Waals surface area contributed by atoms with Crippen LogP contribution in [0.3, 0.4) is 0 Å². The van der Waals surface area contributed by atoms with Gasteiger partial charge in [0.15, 0.2) is 0 Å². The largest absolute Gasteiger partial charge is 0.395 e. The van der Waals surface area contributed by atoms with Crippen LogP contribution in [-0.4, -0.2) is 35.0 Å². The van der Waals surface area contributed by atoms with Gasteiger partial charge in [0.2, 0.25) is 0 Å². The van der Waals surface area contributed by atoms with Gasteiger partial charge in [-0.05, 0) is 12.8 Å². The van der Waals surface area contributed by atoms with Gasteiger partial charge >= 0.3 is 0 Å². The van der Waals surface area contributed by atoms with Crippen LogP contribution >= 0.6 is 0 Å². The monoisotopic (exact) mass is 341 g/mol. The van der Waals surface area contributed by atoms with Crippen LogP contribution in [-0.2, 0) is 0 Å². The number of aliphatic hydroxyl groups excluding tert-OH is 2. The second-order valence-corrected chi connectivity index (χ2v) is 7.35. The molecule has 0 unspecified atom stereocenters. The van der Waals surface area contributed by atoms with Gasteiger partial charge in [0, 0.05) is 6.04 Å². The summed E-state index contributed by atoms with van der Waals surface area (Å²) in [6.07, 6.45) is 19.2. The molecule has 0 fully saturated rings. The van der Waals surface area contributed by atoms with Crippen molar-refractivity contribution in [3.8, 4) is 0 Å². The maximum atomic E-state index is 10.0. The maximum absolute atomic E-state index is 10.0. The van der Waals surface area contributed by atoms with Gasteiger partial charge in [0.25, 0.3) is 0 Å². The Morgan fingerprint density at radius 2 is 1.33 bits per heavy atom. The van der Waals surface area contributed by atoms with E-state index in [4.69, 9.17) is 0 Å². The van der Waals surface area contributed by atoms with E-state index < -0.39 is 6.10 Å². The van der Waals surface area contributed by atoms with Gasteiger partial charge in [-0.2, -0.15) is 0 Å². The Labute approximate surface area is 150 Å². The first-order valence-electron chi connectivity index (χ1n) is 10.3. The van der Waals surface area contributed by atoms with Gasteiger partial charge in [0.1, 0.15) is 0 Å². The Balaban J connectivity index is 3.45. The lowest BCUT2D eigenvalue weighted by atomic mass is 10.0. The van der Waals surface area contributed by atoms with Crippen LogP contribution in [0.2, 0.25) is 0 Å². The molecule has 0 aromatic rings. The highest BCUT2D eigenvalue weighted by Crippen LogP contribution is 2.12. The SMILES string of the molecule is CCCCCCCCCCCCC/C=C/[C@H](O)[C@@H](CO)NC(C)C. The fourth-order valence-corrected chi connectivity index (χ4v) is 2.98. The first-order valence-corrected chi connectivity index (χ1v) is 10.3. The molecule has 0 spiro atoms. The summed E-state index contributed by atoms with van der Waals surface area (Å²) in [6, 6.07) is -0.00424. The lowest BCUT2D eigenvalue weighted by molar-refractivity contribution is 0.118. The van der Waals surface area contributed by atoms with Crippen LogP contribution in [0.15, 0.2) is 12.2 Å². The molecular weight excluding hydrogens is 298 g/mol. The second kappa shape index (κ2) is 17.4. The summed E-state index contributed by atoms with van der Waals surface area (Å²) in [5, 5.41) is 22.5. The molecule has 0 aliphatic rings. The quantitative estimate of drug-likeness (QED) is 0.259. The summed E-state index contributed by atoms with van der Waals surface area (Å²) < 4.78 is 0. The average Bonchev–Trinajstić information content (AvgIpc) is 2.56. The third-order valence-electron chi connectivity index (χ3n) is 4.46.